The molecule has 0 spiro atoms. The summed E-state index contributed by atoms with van der Waals surface area (Å²) in [7, 11) is 5.39. The number of ether oxygens (including phenoxy) is 2. The fraction of sp³-hybridized carbons (Fsp3) is 0.643. The highest BCUT2D eigenvalue weighted by atomic mass is 16.5. The summed E-state index contributed by atoms with van der Waals surface area (Å²) in [5.74, 6) is 1.00. The quantitative estimate of drug-likeness (QED) is 0.647. The summed E-state index contributed by atoms with van der Waals surface area (Å²) in [5.41, 5.74) is 1.24. The second-order valence-electron chi connectivity index (χ2n) is 4.38. The Hall–Kier alpha value is -1.17. The Labute approximate surface area is 115 Å². The molecule has 1 rings (SSSR count). The summed E-state index contributed by atoms with van der Waals surface area (Å²) in [4.78, 5) is 6.69. The molecule has 0 radical (unpaired) electrons. The molecule has 0 aliphatic carbocycles. The van der Waals surface area contributed by atoms with Crippen LogP contribution in [0.15, 0.2) is 18.3 Å². The van der Waals surface area contributed by atoms with Crippen molar-refractivity contribution in [1.82, 2.24) is 10.3 Å². The first-order chi connectivity index (χ1) is 9.31. The van der Waals surface area contributed by atoms with Gasteiger partial charge in [0.1, 0.15) is 5.82 Å². The van der Waals surface area contributed by atoms with Gasteiger partial charge in [0.25, 0.3) is 0 Å². The average Bonchev–Trinajstić information content (AvgIpc) is 2.43. The summed E-state index contributed by atoms with van der Waals surface area (Å²) < 4.78 is 10.3. The summed E-state index contributed by atoms with van der Waals surface area (Å²) in [6.07, 6.45) is 2.84. The Balaban J connectivity index is 2.68. The van der Waals surface area contributed by atoms with E-state index in [1.807, 2.05) is 19.3 Å². The zero-order chi connectivity index (χ0) is 13.9. The Kier molecular flexibility index (Phi) is 8.13. The smallest absolute Gasteiger partial charge is 0.128 e. The highest BCUT2D eigenvalue weighted by Gasteiger charge is 2.08. The highest BCUT2D eigenvalue weighted by Crippen LogP contribution is 2.13. The van der Waals surface area contributed by atoms with Gasteiger partial charge in [0.2, 0.25) is 0 Å². The van der Waals surface area contributed by atoms with Crippen LogP contribution in [-0.4, -0.2) is 52.6 Å². The van der Waals surface area contributed by atoms with E-state index in [4.69, 9.17) is 9.47 Å². The predicted octanol–water partition coefficient (Wildman–Crippen LogP) is 1.29. The van der Waals surface area contributed by atoms with Crippen LogP contribution >= 0.6 is 0 Å². The third-order valence-electron chi connectivity index (χ3n) is 2.86. The van der Waals surface area contributed by atoms with Gasteiger partial charge in [0.15, 0.2) is 0 Å². The van der Waals surface area contributed by atoms with Crippen LogP contribution in [-0.2, 0) is 16.0 Å². The third-order valence-corrected chi connectivity index (χ3v) is 2.86. The van der Waals surface area contributed by atoms with E-state index < -0.39 is 0 Å². The maximum absolute atomic E-state index is 5.16. The van der Waals surface area contributed by atoms with Crippen LogP contribution in [0.5, 0.6) is 0 Å². The van der Waals surface area contributed by atoms with Crippen LogP contribution in [0.2, 0.25) is 0 Å². The van der Waals surface area contributed by atoms with Crippen LogP contribution in [0.1, 0.15) is 12.0 Å². The lowest BCUT2D eigenvalue weighted by Crippen LogP contribution is -2.30. The maximum atomic E-state index is 5.16. The minimum absolute atomic E-state index is 0.699. The van der Waals surface area contributed by atoms with Crippen molar-refractivity contribution < 1.29 is 9.47 Å². The molecule has 0 atom stereocenters. The summed E-state index contributed by atoms with van der Waals surface area (Å²) in [6, 6.07) is 4.16. The van der Waals surface area contributed by atoms with E-state index in [0.717, 1.165) is 38.5 Å². The van der Waals surface area contributed by atoms with E-state index in [-0.39, 0.29) is 0 Å². The number of anilines is 1. The van der Waals surface area contributed by atoms with Crippen LogP contribution in [0.25, 0.3) is 0 Å². The van der Waals surface area contributed by atoms with E-state index in [0.29, 0.717) is 6.61 Å². The van der Waals surface area contributed by atoms with Crippen LogP contribution < -0.4 is 10.2 Å². The van der Waals surface area contributed by atoms with E-state index in [1.165, 1.54) is 5.56 Å². The lowest BCUT2D eigenvalue weighted by molar-refractivity contribution is 0.191. The van der Waals surface area contributed by atoms with Crippen molar-refractivity contribution in [3.8, 4) is 0 Å². The molecular weight excluding hydrogens is 242 g/mol. The SMILES string of the molecule is CNCc1ccnc(N(CCCOC)CCOC)c1. The molecular formula is C14H25N3O2. The van der Waals surface area contributed by atoms with Crippen molar-refractivity contribution in [3.05, 3.63) is 23.9 Å². The normalized spacial score (nSPS) is 10.7. The molecule has 0 saturated heterocycles. The van der Waals surface area contributed by atoms with Crippen LogP contribution in [0, 0.1) is 0 Å². The minimum Gasteiger partial charge on any atom is -0.385 e. The van der Waals surface area contributed by atoms with Crippen molar-refractivity contribution in [2.45, 2.75) is 13.0 Å². The van der Waals surface area contributed by atoms with Crippen molar-refractivity contribution in [3.63, 3.8) is 0 Å². The lowest BCUT2D eigenvalue weighted by Gasteiger charge is -2.23. The minimum atomic E-state index is 0.699. The second-order valence-corrected chi connectivity index (χ2v) is 4.38. The van der Waals surface area contributed by atoms with Gasteiger partial charge in [0, 0.05) is 46.7 Å². The molecule has 5 heteroatoms. The summed E-state index contributed by atoms with van der Waals surface area (Å²) in [5, 5.41) is 3.15. The lowest BCUT2D eigenvalue weighted by atomic mass is 10.2. The van der Waals surface area contributed by atoms with Gasteiger partial charge in [-0.3, -0.25) is 0 Å². The molecule has 0 fully saturated rings. The van der Waals surface area contributed by atoms with E-state index in [2.05, 4.69) is 21.3 Å². The van der Waals surface area contributed by atoms with Gasteiger partial charge in [-0.1, -0.05) is 0 Å². The molecule has 19 heavy (non-hydrogen) atoms. The Morgan fingerprint density at radius 2 is 2.00 bits per heavy atom. The van der Waals surface area contributed by atoms with Crippen molar-refractivity contribution in [2.75, 3.05) is 52.5 Å². The van der Waals surface area contributed by atoms with E-state index in [1.54, 1.807) is 14.2 Å². The van der Waals surface area contributed by atoms with E-state index >= 15 is 0 Å². The fourth-order valence-electron chi connectivity index (χ4n) is 1.89. The molecule has 0 bridgehead atoms. The van der Waals surface area contributed by atoms with Gasteiger partial charge in [-0.2, -0.15) is 0 Å². The average molecular weight is 267 g/mol. The molecule has 108 valence electrons. The molecule has 0 unspecified atom stereocenters. The number of nitrogens with one attached hydrogen (secondary N) is 1. The Morgan fingerprint density at radius 3 is 2.68 bits per heavy atom. The first kappa shape index (κ1) is 15.9. The molecule has 0 aliphatic heterocycles. The standard InChI is InChI=1S/C14H25N3O2/c1-15-12-13-5-6-16-14(11-13)17(8-10-19-3)7-4-9-18-2/h5-6,11,15H,4,7-10,12H2,1-3H3. The summed E-state index contributed by atoms with van der Waals surface area (Å²) in [6.45, 7) is 4.08. The van der Waals surface area contributed by atoms with Crippen molar-refractivity contribution in [2.24, 2.45) is 0 Å². The monoisotopic (exact) mass is 267 g/mol. The molecule has 1 heterocycles. The zero-order valence-electron chi connectivity index (χ0n) is 12.2. The topological polar surface area (TPSA) is 46.6 Å². The number of hydrogen-bond acceptors (Lipinski definition) is 5. The molecule has 1 aromatic rings. The largest absolute Gasteiger partial charge is 0.385 e. The number of nitrogens with zero attached hydrogens (tertiary/aromatic N) is 2. The molecule has 1 aromatic heterocycles. The molecule has 0 aliphatic rings. The number of methoxy groups -OCH3 is 2. The van der Waals surface area contributed by atoms with Gasteiger partial charge < -0.3 is 19.7 Å². The number of hydrogen-bond donors (Lipinski definition) is 1. The second kappa shape index (κ2) is 9.72. The van der Waals surface area contributed by atoms with Crippen LogP contribution in [0.3, 0.4) is 0 Å². The first-order valence-electron chi connectivity index (χ1n) is 6.64. The Morgan fingerprint density at radius 1 is 1.21 bits per heavy atom. The first-order valence-corrected chi connectivity index (χ1v) is 6.64. The van der Waals surface area contributed by atoms with Gasteiger partial charge in [-0.25, -0.2) is 4.98 Å². The molecule has 1 N–H and O–H groups in total. The number of pyridine rings is 1. The van der Waals surface area contributed by atoms with Crippen molar-refractivity contribution >= 4 is 5.82 Å². The fourth-order valence-corrected chi connectivity index (χ4v) is 1.89. The molecule has 0 saturated carbocycles. The predicted molar refractivity (Wildman–Crippen MR) is 77.6 cm³/mol. The molecule has 0 amide bonds. The van der Waals surface area contributed by atoms with Crippen LogP contribution in [0.4, 0.5) is 5.82 Å². The third kappa shape index (κ3) is 6.00. The molecule has 0 aromatic carbocycles. The van der Waals surface area contributed by atoms with Gasteiger partial charge in [0.05, 0.1) is 6.61 Å². The zero-order valence-corrected chi connectivity index (χ0v) is 12.2. The summed E-state index contributed by atoms with van der Waals surface area (Å²) >= 11 is 0. The number of rotatable bonds is 10. The molecule has 5 nitrogen and oxygen atoms in total. The van der Waals surface area contributed by atoms with Gasteiger partial charge >= 0.3 is 0 Å². The van der Waals surface area contributed by atoms with Crippen molar-refractivity contribution in [1.29, 1.82) is 0 Å². The maximum Gasteiger partial charge on any atom is 0.128 e. The highest BCUT2D eigenvalue weighted by molar-refractivity contribution is 5.40. The Bertz CT molecular complexity index is 347. The van der Waals surface area contributed by atoms with Gasteiger partial charge in [-0.15, -0.1) is 0 Å². The van der Waals surface area contributed by atoms with Gasteiger partial charge in [-0.05, 0) is 31.2 Å². The van der Waals surface area contributed by atoms with E-state index in [9.17, 15) is 0 Å². The number of aromatic nitrogens is 1.